The van der Waals surface area contributed by atoms with E-state index in [1.165, 1.54) is 24.3 Å². The fourth-order valence-electron chi connectivity index (χ4n) is 4.32. The summed E-state index contributed by atoms with van der Waals surface area (Å²) >= 11 is 0. The highest BCUT2D eigenvalue weighted by atomic mass is 19.1. The van der Waals surface area contributed by atoms with Crippen LogP contribution in [0, 0.1) is 11.7 Å². The van der Waals surface area contributed by atoms with Crippen LogP contribution < -0.4 is 14.8 Å². The van der Waals surface area contributed by atoms with Crippen molar-refractivity contribution >= 4 is 11.7 Å². The van der Waals surface area contributed by atoms with Gasteiger partial charge in [0.1, 0.15) is 23.1 Å². The van der Waals surface area contributed by atoms with Gasteiger partial charge in [-0.3, -0.25) is 4.39 Å². The van der Waals surface area contributed by atoms with Crippen LogP contribution >= 0.6 is 0 Å². The van der Waals surface area contributed by atoms with Crippen LogP contribution in [0.2, 0.25) is 0 Å². The minimum absolute atomic E-state index is 0.186. The Labute approximate surface area is 206 Å². The average molecular weight is 491 g/mol. The number of halogens is 2. The summed E-state index contributed by atoms with van der Waals surface area (Å²) in [5.74, 6) is 1.36. The molecule has 2 N–H and O–H groups in total. The number of nitrogens with one attached hydrogen (secondary N) is 1. The summed E-state index contributed by atoms with van der Waals surface area (Å²) < 4.78 is 37.2. The number of piperidine rings is 1. The van der Waals surface area contributed by atoms with E-state index in [0.717, 1.165) is 19.3 Å². The molecule has 0 bridgehead atoms. The molecule has 3 rings (SSSR count). The molecule has 0 atom stereocenters. The van der Waals surface area contributed by atoms with Gasteiger partial charge in [0.15, 0.2) is 0 Å². The van der Waals surface area contributed by atoms with E-state index < -0.39 is 12.3 Å². The van der Waals surface area contributed by atoms with Crippen molar-refractivity contribution in [2.75, 3.05) is 31.7 Å². The van der Waals surface area contributed by atoms with E-state index in [1.54, 1.807) is 23.1 Å². The molecule has 0 aromatic heterocycles. The number of amides is 2. The Hall–Kier alpha value is -2.87. The molecule has 1 heterocycles. The number of carbonyl (C=O) groups is 1. The molecule has 0 unspecified atom stereocenters. The van der Waals surface area contributed by atoms with Gasteiger partial charge in [-0.15, -0.1) is 0 Å². The monoisotopic (exact) mass is 490 g/mol. The second-order valence-corrected chi connectivity index (χ2v) is 9.17. The van der Waals surface area contributed by atoms with Crippen LogP contribution in [0.3, 0.4) is 0 Å². The van der Waals surface area contributed by atoms with E-state index in [0.29, 0.717) is 54.8 Å². The number of hydrogen-bond donors (Lipinski definition) is 2. The molecule has 0 spiro atoms. The van der Waals surface area contributed by atoms with Gasteiger partial charge in [0.05, 0.1) is 18.9 Å². The summed E-state index contributed by atoms with van der Waals surface area (Å²) in [5, 5.41) is 13.9. The van der Waals surface area contributed by atoms with E-state index in [1.807, 2.05) is 0 Å². The van der Waals surface area contributed by atoms with Gasteiger partial charge in [-0.1, -0.05) is 26.7 Å². The first kappa shape index (κ1) is 26.7. The maximum absolute atomic E-state index is 13.2. The lowest BCUT2D eigenvalue weighted by Crippen LogP contribution is -2.48. The second-order valence-electron chi connectivity index (χ2n) is 9.17. The Morgan fingerprint density at radius 3 is 2.37 bits per heavy atom. The highest BCUT2D eigenvalue weighted by molar-refractivity contribution is 5.90. The Morgan fingerprint density at radius 1 is 1.09 bits per heavy atom. The van der Waals surface area contributed by atoms with Crippen molar-refractivity contribution in [3.05, 3.63) is 48.3 Å². The van der Waals surface area contributed by atoms with Crippen molar-refractivity contribution < 1.29 is 28.2 Å². The number of nitrogens with zero attached hydrogens (tertiary/aromatic N) is 1. The highest BCUT2D eigenvalue weighted by Crippen LogP contribution is 2.33. The predicted molar refractivity (Wildman–Crippen MR) is 132 cm³/mol. The van der Waals surface area contributed by atoms with E-state index in [4.69, 9.17) is 9.47 Å². The number of ether oxygens (including phenoxy) is 2. The molecule has 6 nitrogen and oxygen atoms in total. The molecule has 2 aromatic rings. The first-order valence-corrected chi connectivity index (χ1v) is 12.4. The predicted octanol–water partition coefficient (Wildman–Crippen LogP) is 6.54. The lowest BCUT2D eigenvalue weighted by atomic mass is 9.81. The van der Waals surface area contributed by atoms with E-state index in [2.05, 4.69) is 19.2 Å². The number of benzene rings is 2. The first-order chi connectivity index (χ1) is 16.8. The summed E-state index contributed by atoms with van der Waals surface area (Å²) in [7, 11) is 0. The van der Waals surface area contributed by atoms with Crippen LogP contribution in [0.15, 0.2) is 42.5 Å². The molecule has 8 heteroatoms. The van der Waals surface area contributed by atoms with Crippen molar-refractivity contribution in [1.82, 2.24) is 4.90 Å². The van der Waals surface area contributed by atoms with Gasteiger partial charge in [-0.05, 0) is 49.4 Å². The zero-order valence-corrected chi connectivity index (χ0v) is 20.6. The lowest BCUT2D eigenvalue weighted by Gasteiger charge is -2.39. The Morgan fingerprint density at radius 2 is 1.74 bits per heavy atom. The number of carbonyl (C=O) groups excluding carboxylic acids is 1. The fourth-order valence-corrected chi connectivity index (χ4v) is 4.32. The summed E-state index contributed by atoms with van der Waals surface area (Å²) in [6.07, 6.45) is 4.17. The molecule has 1 fully saturated rings. The molecule has 192 valence electrons. The Kier molecular flexibility index (Phi) is 9.72. The first-order valence-electron chi connectivity index (χ1n) is 12.4. The summed E-state index contributed by atoms with van der Waals surface area (Å²) in [6.45, 7) is 4.91. The zero-order valence-electron chi connectivity index (χ0n) is 20.6. The largest absolute Gasteiger partial charge is 0.493 e. The smallest absolute Gasteiger partial charge is 0.321 e. The summed E-state index contributed by atoms with van der Waals surface area (Å²) in [5.41, 5.74) is -0.268. The van der Waals surface area contributed by atoms with E-state index in [-0.39, 0.29) is 24.9 Å². The van der Waals surface area contributed by atoms with Crippen LogP contribution in [-0.2, 0) is 0 Å². The quantitative estimate of drug-likeness (QED) is 0.351. The molecular weight excluding hydrogens is 454 g/mol. The molecule has 1 aliphatic rings. The van der Waals surface area contributed by atoms with Crippen molar-refractivity contribution in [1.29, 1.82) is 0 Å². The van der Waals surface area contributed by atoms with Crippen LogP contribution in [-0.4, -0.2) is 48.0 Å². The average Bonchev–Trinajstić information content (AvgIpc) is 2.84. The maximum Gasteiger partial charge on any atom is 0.321 e. The standard InChI is InChI=1S/C27H36F2N2O4/c1-3-20(4-2)19-27(33)10-13-31(14-11-27)26(32)30-22-16-24(34-15-5-12-28)18-25(17-22)35-23-8-6-21(29)7-9-23/h6-9,16-18,20,33H,3-5,10-15,19H2,1-2H3,(H,30,32). The van der Waals surface area contributed by atoms with Crippen LogP contribution in [0.25, 0.3) is 0 Å². The molecule has 35 heavy (non-hydrogen) atoms. The minimum Gasteiger partial charge on any atom is -0.493 e. The Bertz CT molecular complexity index is 943. The number of aliphatic hydroxyl groups is 1. The van der Waals surface area contributed by atoms with Crippen molar-refractivity contribution in [3.63, 3.8) is 0 Å². The van der Waals surface area contributed by atoms with Crippen molar-refractivity contribution in [3.8, 4) is 17.2 Å². The molecule has 0 radical (unpaired) electrons. The van der Waals surface area contributed by atoms with Gasteiger partial charge >= 0.3 is 6.03 Å². The molecule has 2 amide bonds. The summed E-state index contributed by atoms with van der Waals surface area (Å²) in [6, 6.07) is 10.2. The van der Waals surface area contributed by atoms with Crippen molar-refractivity contribution in [2.24, 2.45) is 5.92 Å². The van der Waals surface area contributed by atoms with E-state index in [9.17, 15) is 18.7 Å². The number of rotatable bonds is 11. The zero-order chi connectivity index (χ0) is 25.3. The number of anilines is 1. The number of alkyl halides is 1. The molecular formula is C27H36F2N2O4. The van der Waals surface area contributed by atoms with Crippen LogP contribution in [0.5, 0.6) is 17.2 Å². The molecule has 1 saturated heterocycles. The topological polar surface area (TPSA) is 71.0 Å². The number of urea groups is 1. The second kappa shape index (κ2) is 12.7. The lowest BCUT2D eigenvalue weighted by molar-refractivity contribution is -0.0309. The SMILES string of the molecule is CCC(CC)CC1(O)CCN(C(=O)Nc2cc(OCCCF)cc(Oc3ccc(F)cc3)c2)CC1. The molecule has 1 aliphatic heterocycles. The molecule has 0 aliphatic carbocycles. The van der Waals surface area contributed by atoms with Crippen molar-refractivity contribution in [2.45, 2.75) is 58.0 Å². The Balaban J connectivity index is 1.66. The normalized spacial score (nSPS) is 15.2. The third kappa shape index (κ3) is 8.09. The third-order valence-electron chi connectivity index (χ3n) is 6.53. The molecule has 0 saturated carbocycles. The highest BCUT2D eigenvalue weighted by Gasteiger charge is 2.35. The van der Waals surface area contributed by atoms with Crippen LogP contribution in [0.1, 0.15) is 52.4 Å². The van der Waals surface area contributed by atoms with Crippen LogP contribution in [0.4, 0.5) is 19.3 Å². The summed E-state index contributed by atoms with van der Waals surface area (Å²) in [4.78, 5) is 14.6. The van der Waals surface area contributed by atoms with E-state index >= 15 is 0 Å². The third-order valence-corrected chi connectivity index (χ3v) is 6.53. The molecule has 2 aromatic carbocycles. The fraction of sp³-hybridized carbons (Fsp3) is 0.519. The number of hydrogen-bond acceptors (Lipinski definition) is 4. The van der Waals surface area contributed by atoms with Gasteiger partial charge in [0, 0.05) is 43.4 Å². The number of likely N-dealkylation sites (tertiary alicyclic amines) is 1. The maximum atomic E-state index is 13.2. The van der Waals surface area contributed by atoms with Gasteiger partial charge in [0.25, 0.3) is 0 Å². The van der Waals surface area contributed by atoms with Gasteiger partial charge in [-0.2, -0.15) is 0 Å². The van der Waals surface area contributed by atoms with Gasteiger partial charge in [0.2, 0.25) is 0 Å². The minimum atomic E-state index is -0.728. The van der Waals surface area contributed by atoms with Gasteiger partial charge in [-0.25, -0.2) is 9.18 Å². The van der Waals surface area contributed by atoms with Gasteiger partial charge < -0.3 is 24.8 Å².